The molecule has 0 spiro atoms. The van der Waals surface area contributed by atoms with Gasteiger partial charge in [-0.25, -0.2) is 0 Å². The van der Waals surface area contributed by atoms with Gasteiger partial charge in [0.05, 0.1) is 0 Å². The van der Waals surface area contributed by atoms with Crippen LogP contribution in [0.2, 0.25) is 0 Å². The molecule has 1 fully saturated rings. The summed E-state index contributed by atoms with van der Waals surface area (Å²) in [5.74, 6) is 0.898. The molecule has 0 radical (unpaired) electrons. The van der Waals surface area contributed by atoms with Gasteiger partial charge >= 0.3 is 0 Å². The van der Waals surface area contributed by atoms with Crippen LogP contribution in [0.1, 0.15) is 17.5 Å². The van der Waals surface area contributed by atoms with E-state index in [-0.39, 0.29) is 11.9 Å². The van der Waals surface area contributed by atoms with Gasteiger partial charge in [-0.2, -0.15) is 0 Å². The van der Waals surface area contributed by atoms with Gasteiger partial charge < -0.3 is 9.47 Å². The molecular formula is C18H18O3. The van der Waals surface area contributed by atoms with Crippen LogP contribution in [-0.4, -0.2) is 25.1 Å². The first-order chi connectivity index (χ1) is 10.3. The van der Waals surface area contributed by atoms with Crippen LogP contribution in [0.5, 0.6) is 5.75 Å². The van der Waals surface area contributed by atoms with Crippen molar-refractivity contribution in [3.63, 3.8) is 0 Å². The molecule has 0 amide bonds. The van der Waals surface area contributed by atoms with Gasteiger partial charge in [-0.05, 0) is 29.7 Å². The maximum Gasteiger partial charge on any atom is 0.169 e. The van der Waals surface area contributed by atoms with E-state index in [1.807, 2.05) is 30.3 Å². The lowest BCUT2D eigenvalue weighted by molar-refractivity contribution is -0.150. The Balaban J connectivity index is 1.61. The predicted octanol–water partition coefficient (Wildman–Crippen LogP) is 3.01. The van der Waals surface area contributed by atoms with Gasteiger partial charge in [0.25, 0.3) is 0 Å². The topological polar surface area (TPSA) is 35.5 Å². The molecular weight excluding hydrogens is 264 g/mol. The summed E-state index contributed by atoms with van der Waals surface area (Å²) in [5.41, 5.74) is 2.52. The Kier molecular flexibility index (Phi) is 4.02. The van der Waals surface area contributed by atoms with Crippen LogP contribution in [0.4, 0.5) is 0 Å². The molecule has 2 atom stereocenters. The summed E-state index contributed by atoms with van der Waals surface area (Å²) in [5, 5.41) is 0. The average Bonchev–Trinajstić information content (AvgIpc) is 2.50. The summed E-state index contributed by atoms with van der Waals surface area (Å²) >= 11 is 0. The minimum Gasteiger partial charge on any atom is -0.487 e. The molecule has 2 aromatic carbocycles. The second-order valence-electron chi connectivity index (χ2n) is 5.29. The third kappa shape index (κ3) is 3.14. The molecule has 21 heavy (non-hydrogen) atoms. The molecule has 0 aliphatic heterocycles. The second kappa shape index (κ2) is 6.10. The third-order valence-electron chi connectivity index (χ3n) is 3.77. The standard InChI is InChI=1S/C18H18O3/c1-20-18-16(19)12-17(18)21-15-9-7-14(8-10-15)11-13-5-3-2-4-6-13/h2-10,17-18H,11-12H2,1H3. The highest BCUT2D eigenvalue weighted by Gasteiger charge is 2.41. The van der Waals surface area contributed by atoms with E-state index in [9.17, 15) is 4.79 Å². The molecule has 3 rings (SSSR count). The van der Waals surface area contributed by atoms with E-state index in [0.29, 0.717) is 6.42 Å². The van der Waals surface area contributed by atoms with Crippen molar-refractivity contribution in [3.05, 3.63) is 65.7 Å². The molecule has 0 heterocycles. The van der Waals surface area contributed by atoms with Gasteiger partial charge in [0, 0.05) is 13.5 Å². The summed E-state index contributed by atoms with van der Waals surface area (Å²) < 4.78 is 10.9. The zero-order valence-electron chi connectivity index (χ0n) is 12.0. The van der Waals surface area contributed by atoms with E-state index >= 15 is 0 Å². The molecule has 3 heteroatoms. The fourth-order valence-electron chi connectivity index (χ4n) is 2.55. The fourth-order valence-corrected chi connectivity index (χ4v) is 2.55. The second-order valence-corrected chi connectivity index (χ2v) is 5.29. The number of carbonyl (C=O) groups excluding carboxylic acids is 1. The quantitative estimate of drug-likeness (QED) is 0.845. The van der Waals surface area contributed by atoms with Crippen molar-refractivity contribution in [1.29, 1.82) is 0 Å². The maximum atomic E-state index is 11.3. The van der Waals surface area contributed by atoms with Crippen LogP contribution in [-0.2, 0) is 16.0 Å². The Morgan fingerprint density at radius 3 is 2.29 bits per heavy atom. The molecule has 3 nitrogen and oxygen atoms in total. The lowest BCUT2D eigenvalue weighted by Gasteiger charge is -2.33. The number of ketones is 1. The van der Waals surface area contributed by atoms with E-state index in [2.05, 4.69) is 24.3 Å². The molecule has 1 aliphatic carbocycles. The van der Waals surface area contributed by atoms with Crippen LogP contribution in [0.15, 0.2) is 54.6 Å². The van der Waals surface area contributed by atoms with Crippen LogP contribution in [0.3, 0.4) is 0 Å². The summed E-state index contributed by atoms with van der Waals surface area (Å²) in [7, 11) is 1.54. The van der Waals surface area contributed by atoms with E-state index in [4.69, 9.17) is 9.47 Å². The smallest absolute Gasteiger partial charge is 0.169 e. The molecule has 1 saturated carbocycles. The molecule has 2 aromatic rings. The monoisotopic (exact) mass is 282 g/mol. The Hall–Kier alpha value is -2.13. The molecule has 0 aromatic heterocycles. The molecule has 108 valence electrons. The highest BCUT2D eigenvalue weighted by atomic mass is 16.5. The Bertz CT molecular complexity index is 604. The SMILES string of the molecule is COC1C(=O)CC1Oc1ccc(Cc2ccccc2)cc1. The number of ether oxygens (including phenoxy) is 2. The first-order valence-corrected chi connectivity index (χ1v) is 7.11. The lowest BCUT2D eigenvalue weighted by atomic mass is 9.90. The summed E-state index contributed by atoms with van der Waals surface area (Å²) in [6, 6.07) is 18.4. The normalized spacial score (nSPS) is 20.9. The molecule has 0 saturated heterocycles. The third-order valence-corrected chi connectivity index (χ3v) is 3.77. The minimum atomic E-state index is -0.408. The number of carbonyl (C=O) groups is 1. The Morgan fingerprint density at radius 2 is 1.67 bits per heavy atom. The van der Waals surface area contributed by atoms with Crippen molar-refractivity contribution in [2.45, 2.75) is 25.0 Å². The molecule has 2 unspecified atom stereocenters. The van der Waals surface area contributed by atoms with E-state index < -0.39 is 6.10 Å². The first kappa shape index (κ1) is 13.8. The number of benzene rings is 2. The molecule has 1 aliphatic rings. The van der Waals surface area contributed by atoms with Gasteiger partial charge in [-0.3, -0.25) is 4.79 Å². The van der Waals surface area contributed by atoms with Crippen molar-refractivity contribution in [2.24, 2.45) is 0 Å². The van der Waals surface area contributed by atoms with Gasteiger partial charge in [-0.15, -0.1) is 0 Å². The fraction of sp³-hybridized carbons (Fsp3) is 0.278. The summed E-state index contributed by atoms with van der Waals surface area (Å²) in [6.07, 6.45) is 0.782. The predicted molar refractivity (Wildman–Crippen MR) is 80.5 cm³/mol. The van der Waals surface area contributed by atoms with Crippen molar-refractivity contribution in [1.82, 2.24) is 0 Å². The van der Waals surface area contributed by atoms with E-state index in [1.165, 1.54) is 11.1 Å². The van der Waals surface area contributed by atoms with Crippen molar-refractivity contribution in [3.8, 4) is 5.75 Å². The van der Waals surface area contributed by atoms with Crippen molar-refractivity contribution < 1.29 is 14.3 Å². The van der Waals surface area contributed by atoms with Crippen LogP contribution in [0.25, 0.3) is 0 Å². The van der Waals surface area contributed by atoms with Crippen LogP contribution in [0, 0.1) is 0 Å². The lowest BCUT2D eigenvalue weighted by Crippen LogP contribution is -2.51. The van der Waals surface area contributed by atoms with Gasteiger partial charge in [0.2, 0.25) is 0 Å². The van der Waals surface area contributed by atoms with Crippen LogP contribution >= 0.6 is 0 Å². The van der Waals surface area contributed by atoms with Crippen LogP contribution < -0.4 is 4.74 Å². The van der Waals surface area contributed by atoms with E-state index in [0.717, 1.165) is 12.2 Å². The number of hydrogen-bond donors (Lipinski definition) is 0. The largest absolute Gasteiger partial charge is 0.487 e. The van der Waals surface area contributed by atoms with E-state index in [1.54, 1.807) is 7.11 Å². The minimum absolute atomic E-state index is 0.114. The molecule has 0 N–H and O–H groups in total. The zero-order valence-corrected chi connectivity index (χ0v) is 12.0. The summed E-state index contributed by atoms with van der Waals surface area (Å²) in [6.45, 7) is 0. The number of hydrogen-bond acceptors (Lipinski definition) is 3. The number of methoxy groups -OCH3 is 1. The van der Waals surface area contributed by atoms with Gasteiger partial charge in [0.15, 0.2) is 11.9 Å². The summed E-state index contributed by atoms with van der Waals surface area (Å²) in [4.78, 5) is 11.3. The van der Waals surface area contributed by atoms with Gasteiger partial charge in [-0.1, -0.05) is 42.5 Å². The highest BCUT2D eigenvalue weighted by molar-refractivity contribution is 5.90. The average molecular weight is 282 g/mol. The zero-order chi connectivity index (χ0) is 14.7. The number of Topliss-reactive ketones (excluding diaryl/α,β-unsaturated/α-hetero) is 1. The number of rotatable bonds is 5. The first-order valence-electron chi connectivity index (χ1n) is 7.11. The van der Waals surface area contributed by atoms with Gasteiger partial charge in [0.1, 0.15) is 11.9 Å². The maximum absolute atomic E-state index is 11.3. The highest BCUT2D eigenvalue weighted by Crippen LogP contribution is 2.25. The Morgan fingerprint density at radius 1 is 1.00 bits per heavy atom. The van der Waals surface area contributed by atoms with Crippen molar-refractivity contribution in [2.75, 3.05) is 7.11 Å². The van der Waals surface area contributed by atoms with Crippen molar-refractivity contribution >= 4 is 5.78 Å². The Labute approximate surface area is 124 Å². The molecule has 0 bridgehead atoms.